The molecule has 126 valence electrons. The number of nitrogens with one attached hydrogen (secondary N) is 2. The van der Waals surface area contributed by atoms with Gasteiger partial charge in [-0.05, 0) is 19.4 Å². The highest BCUT2D eigenvalue weighted by molar-refractivity contribution is 5.85. The molecular weight excluding hydrogens is 317 g/mol. The van der Waals surface area contributed by atoms with Crippen LogP contribution in [0.2, 0.25) is 0 Å². The molecule has 0 spiro atoms. The lowest BCUT2D eigenvalue weighted by Crippen LogP contribution is -2.53. The van der Waals surface area contributed by atoms with E-state index in [1.807, 2.05) is 0 Å². The molecule has 1 amide bonds. The molecule has 2 heterocycles. The minimum atomic E-state index is -0.192. The van der Waals surface area contributed by atoms with Gasteiger partial charge < -0.3 is 20.1 Å². The van der Waals surface area contributed by atoms with Crippen molar-refractivity contribution < 1.29 is 14.3 Å². The molecule has 0 aliphatic carbocycles. The molecule has 2 unspecified atom stereocenters. The number of likely N-dealkylation sites (tertiary alicyclic amines) is 1. The summed E-state index contributed by atoms with van der Waals surface area (Å²) in [6.45, 7) is 5.45. The molecule has 2 saturated heterocycles. The van der Waals surface area contributed by atoms with Gasteiger partial charge in [-0.1, -0.05) is 0 Å². The Morgan fingerprint density at radius 3 is 2.95 bits per heavy atom. The number of nitrogens with zero attached hydrogens (tertiary/aromatic N) is 1. The Morgan fingerprint density at radius 1 is 1.48 bits per heavy atom. The lowest BCUT2D eigenvalue weighted by atomic mass is 10.2. The summed E-state index contributed by atoms with van der Waals surface area (Å²) in [5.74, 6) is 0.0540. The molecule has 6 nitrogen and oxygen atoms in total. The quantitative estimate of drug-likeness (QED) is 0.713. The minimum absolute atomic E-state index is 0. The predicted molar refractivity (Wildman–Crippen MR) is 86.6 cm³/mol. The van der Waals surface area contributed by atoms with Crippen LogP contribution in [0.15, 0.2) is 0 Å². The molecule has 0 radical (unpaired) electrons. The normalized spacial score (nSPS) is 25.8. The van der Waals surface area contributed by atoms with Crippen LogP contribution in [0.3, 0.4) is 0 Å². The number of carbonyl (C=O) groups excluding carboxylic acids is 1. The van der Waals surface area contributed by atoms with E-state index in [1.54, 1.807) is 7.11 Å². The standard InChI is InChI=1S/C13H25N3O3.2ClH/c1-18-8-6-16-5-2-3-11(16)9-15-13(17)12-10-19-7-4-14-12;;/h11-12,14H,2-10H2,1H3,(H,15,17);2*1H. The van der Waals surface area contributed by atoms with Crippen LogP contribution in [0.25, 0.3) is 0 Å². The molecular formula is C13H27Cl2N3O3. The first-order chi connectivity index (χ1) is 9.31. The Hall–Kier alpha value is -0.110. The minimum Gasteiger partial charge on any atom is -0.383 e. The maximum absolute atomic E-state index is 12.0. The van der Waals surface area contributed by atoms with E-state index in [-0.39, 0.29) is 36.8 Å². The van der Waals surface area contributed by atoms with Gasteiger partial charge in [0.2, 0.25) is 5.91 Å². The summed E-state index contributed by atoms with van der Waals surface area (Å²) in [5, 5.41) is 6.21. The molecule has 0 bridgehead atoms. The van der Waals surface area contributed by atoms with E-state index >= 15 is 0 Å². The van der Waals surface area contributed by atoms with Crippen LogP contribution in [0, 0.1) is 0 Å². The highest BCUT2D eigenvalue weighted by atomic mass is 35.5. The van der Waals surface area contributed by atoms with Crippen molar-refractivity contribution in [3.8, 4) is 0 Å². The number of halogens is 2. The summed E-state index contributed by atoms with van der Waals surface area (Å²) in [6.07, 6.45) is 2.35. The van der Waals surface area contributed by atoms with Crippen LogP contribution in [0.1, 0.15) is 12.8 Å². The highest BCUT2D eigenvalue weighted by Crippen LogP contribution is 2.15. The first kappa shape index (κ1) is 20.9. The molecule has 2 N–H and O–H groups in total. The summed E-state index contributed by atoms with van der Waals surface area (Å²) < 4.78 is 10.4. The van der Waals surface area contributed by atoms with Crippen LogP contribution in [-0.2, 0) is 14.3 Å². The summed E-state index contributed by atoms with van der Waals surface area (Å²) in [7, 11) is 1.72. The molecule has 2 aliphatic rings. The summed E-state index contributed by atoms with van der Waals surface area (Å²) in [4.78, 5) is 14.4. The predicted octanol–water partition coefficient (Wildman–Crippen LogP) is 0.0454. The van der Waals surface area contributed by atoms with E-state index in [9.17, 15) is 4.79 Å². The molecule has 8 heteroatoms. The molecule has 0 aromatic heterocycles. The van der Waals surface area contributed by atoms with Gasteiger partial charge in [-0.25, -0.2) is 0 Å². The Morgan fingerprint density at radius 2 is 2.29 bits per heavy atom. The number of morpholine rings is 1. The van der Waals surface area contributed by atoms with E-state index in [2.05, 4.69) is 15.5 Å². The van der Waals surface area contributed by atoms with Crippen LogP contribution >= 0.6 is 24.8 Å². The maximum atomic E-state index is 12.0. The van der Waals surface area contributed by atoms with Crippen molar-refractivity contribution in [3.05, 3.63) is 0 Å². The summed E-state index contributed by atoms with van der Waals surface area (Å²) in [6, 6.07) is 0.256. The largest absolute Gasteiger partial charge is 0.383 e. The zero-order chi connectivity index (χ0) is 13.5. The summed E-state index contributed by atoms with van der Waals surface area (Å²) >= 11 is 0. The zero-order valence-corrected chi connectivity index (χ0v) is 14.1. The van der Waals surface area contributed by atoms with Gasteiger partial charge in [0.25, 0.3) is 0 Å². The van der Waals surface area contributed by atoms with Gasteiger partial charge in [-0.3, -0.25) is 9.69 Å². The highest BCUT2D eigenvalue weighted by Gasteiger charge is 2.26. The van der Waals surface area contributed by atoms with E-state index in [0.717, 1.165) is 39.2 Å². The molecule has 0 saturated carbocycles. The van der Waals surface area contributed by atoms with Crippen LogP contribution < -0.4 is 10.6 Å². The van der Waals surface area contributed by atoms with Gasteiger partial charge in [-0.15, -0.1) is 24.8 Å². The second-order valence-electron chi connectivity index (χ2n) is 5.15. The second kappa shape index (κ2) is 11.5. The third kappa shape index (κ3) is 6.67. The average molecular weight is 344 g/mol. The Kier molecular flexibility index (Phi) is 11.4. The van der Waals surface area contributed by atoms with Gasteiger partial charge in [-0.2, -0.15) is 0 Å². The number of rotatable bonds is 6. The molecule has 0 aromatic rings. The van der Waals surface area contributed by atoms with Crippen molar-refractivity contribution in [2.75, 3.05) is 53.1 Å². The Labute approximate surface area is 139 Å². The molecule has 21 heavy (non-hydrogen) atoms. The van der Waals surface area contributed by atoms with Crippen LogP contribution in [0.4, 0.5) is 0 Å². The number of hydrogen-bond acceptors (Lipinski definition) is 5. The molecule has 2 aliphatic heterocycles. The zero-order valence-electron chi connectivity index (χ0n) is 12.5. The summed E-state index contributed by atoms with van der Waals surface area (Å²) in [5.41, 5.74) is 0. The second-order valence-corrected chi connectivity index (χ2v) is 5.15. The number of hydrogen-bond donors (Lipinski definition) is 2. The molecule has 0 aromatic carbocycles. The van der Waals surface area contributed by atoms with Crippen molar-refractivity contribution in [1.82, 2.24) is 15.5 Å². The van der Waals surface area contributed by atoms with E-state index in [4.69, 9.17) is 9.47 Å². The monoisotopic (exact) mass is 343 g/mol. The molecule has 2 fully saturated rings. The van der Waals surface area contributed by atoms with E-state index in [1.165, 1.54) is 6.42 Å². The number of carbonyl (C=O) groups is 1. The lowest BCUT2D eigenvalue weighted by Gasteiger charge is -2.27. The smallest absolute Gasteiger partial charge is 0.239 e. The van der Waals surface area contributed by atoms with Gasteiger partial charge in [0.05, 0.1) is 19.8 Å². The van der Waals surface area contributed by atoms with E-state index < -0.39 is 0 Å². The Balaban J connectivity index is 0.00000200. The topological polar surface area (TPSA) is 62.8 Å². The van der Waals surface area contributed by atoms with Gasteiger partial charge >= 0.3 is 0 Å². The van der Waals surface area contributed by atoms with Crippen molar-refractivity contribution in [1.29, 1.82) is 0 Å². The fraction of sp³-hybridized carbons (Fsp3) is 0.923. The number of amides is 1. The fourth-order valence-electron chi connectivity index (χ4n) is 2.70. The lowest BCUT2D eigenvalue weighted by molar-refractivity contribution is -0.126. The van der Waals surface area contributed by atoms with Crippen molar-refractivity contribution >= 4 is 30.7 Å². The van der Waals surface area contributed by atoms with Gasteiger partial charge in [0.15, 0.2) is 0 Å². The van der Waals surface area contributed by atoms with Gasteiger partial charge in [0.1, 0.15) is 6.04 Å². The number of ether oxygens (including phenoxy) is 2. The van der Waals surface area contributed by atoms with E-state index in [0.29, 0.717) is 19.3 Å². The van der Waals surface area contributed by atoms with Crippen molar-refractivity contribution in [2.45, 2.75) is 24.9 Å². The third-order valence-electron chi connectivity index (χ3n) is 3.83. The first-order valence-corrected chi connectivity index (χ1v) is 7.13. The fourth-order valence-corrected chi connectivity index (χ4v) is 2.70. The Bertz CT molecular complexity index is 292. The van der Waals surface area contributed by atoms with Crippen molar-refractivity contribution in [2.24, 2.45) is 0 Å². The molecule has 2 atom stereocenters. The average Bonchev–Trinajstić information content (AvgIpc) is 2.91. The van der Waals surface area contributed by atoms with Crippen LogP contribution in [0.5, 0.6) is 0 Å². The first-order valence-electron chi connectivity index (χ1n) is 7.13. The van der Waals surface area contributed by atoms with Crippen molar-refractivity contribution in [3.63, 3.8) is 0 Å². The van der Waals surface area contributed by atoms with Gasteiger partial charge in [0, 0.05) is 32.8 Å². The third-order valence-corrected chi connectivity index (χ3v) is 3.83. The SMILES string of the molecule is COCCN1CCCC1CNC(=O)C1COCCN1.Cl.Cl. The number of methoxy groups -OCH3 is 1. The maximum Gasteiger partial charge on any atom is 0.239 e. The molecule has 2 rings (SSSR count). The van der Waals surface area contributed by atoms with Crippen LogP contribution in [-0.4, -0.2) is 76.0 Å².